The maximum Gasteiger partial charge on any atom is 0.388 e. The van der Waals surface area contributed by atoms with Crippen LogP contribution in [0.4, 0.5) is 8.78 Å². The summed E-state index contributed by atoms with van der Waals surface area (Å²) in [6.07, 6.45) is 1.25. The van der Waals surface area contributed by atoms with Crippen LogP contribution in [0.25, 0.3) is 11.3 Å². The van der Waals surface area contributed by atoms with E-state index in [4.69, 9.17) is 27.9 Å². The number of halogens is 4. The molecule has 26 heavy (non-hydrogen) atoms. The summed E-state index contributed by atoms with van der Waals surface area (Å²) in [4.78, 5) is 16.6. The van der Waals surface area contributed by atoms with E-state index in [0.717, 1.165) is 4.68 Å². The zero-order chi connectivity index (χ0) is 19.3. The molecule has 1 heterocycles. The van der Waals surface area contributed by atoms with Crippen LogP contribution >= 0.6 is 23.2 Å². The van der Waals surface area contributed by atoms with E-state index in [2.05, 4.69) is 19.8 Å². The number of nitrogens with zero attached hydrogens (tertiary/aromatic N) is 3. The predicted molar refractivity (Wildman–Crippen MR) is 91.1 cm³/mol. The summed E-state index contributed by atoms with van der Waals surface area (Å²) in [5.41, 5.74) is 0.570. The molecule has 0 saturated heterocycles. The highest BCUT2D eigenvalue weighted by Gasteiger charge is 2.22. The molecule has 0 bridgehead atoms. The van der Waals surface area contributed by atoms with Gasteiger partial charge >= 0.3 is 12.6 Å². The third-order valence-corrected chi connectivity index (χ3v) is 3.74. The lowest BCUT2D eigenvalue weighted by molar-refractivity contribution is -0.0552. The lowest BCUT2D eigenvalue weighted by Gasteiger charge is -2.06. The van der Waals surface area contributed by atoms with E-state index in [9.17, 15) is 13.6 Å². The molecule has 0 saturated carbocycles. The quantitative estimate of drug-likeness (QED) is 0.396. The third kappa shape index (κ3) is 4.61. The molecule has 0 fully saturated rings. The smallest absolute Gasteiger partial charge is 0.388 e. The topological polar surface area (TPSA) is 74.9 Å². The van der Waals surface area contributed by atoms with Gasteiger partial charge in [0.15, 0.2) is 0 Å². The van der Waals surface area contributed by atoms with Gasteiger partial charge in [0.05, 0.1) is 16.8 Å². The number of aromatic nitrogens is 2. The van der Waals surface area contributed by atoms with Crippen molar-refractivity contribution in [1.82, 2.24) is 9.78 Å². The molecule has 0 radical (unpaired) electrons. The van der Waals surface area contributed by atoms with Crippen LogP contribution in [0, 0.1) is 0 Å². The second kappa shape index (κ2) is 8.81. The molecule has 2 aromatic rings. The monoisotopic (exact) mass is 407 g/mol. The summed E-state index contributed by atoms with van der Waals surface area (Å²) >= 11 is 12.1. The highest BCUT2D eigenvalue weighted by atomic mass is 35.5. The van der Waals surface area contributed by atoms with Gasteiger partial charge in [0.1, 0.15) is 24.4 Å². The van der Waals surface area contributed by atoms with E-state index < -0.39 is 12.6 Å². The Morgan fingerprint density at radius 1 is 1.42 bits per heavy atom. The molecule has 7 nitrogen and oxygen atoms in total. The van der Waals surface area contributed by atoms with Crippen LogP contribution < -0.4 is 4.74 Å². The van der Waals surface area contributed by atoms with Gasteiger partial charge in [-0.05, 0) is 12.1 Å². The zero-order valence-corrected chi connectivity index (χ0v) is 15.1. The molecule has 0 aliphatic carbocycles. The number of hydrogen-bond donors (Lipinski definition) is 0. The molecule has 0 unspecified atom stereocenters. The first-order valence-corrected chi connectivity index (χ1v) is 7.80. The van der Waals surface area contributed by atoms with Gasteiger partial charge < -0.3 is 14.3 Å². The van der Waals surface area contributed by atoms with Crippen LogP contribution in [0.3, 0.4) is 0 Å². The largest absolute Gasteiger partial charge is 0.456 e. The van der Waals surface area contributed by atoms with Crippen LogP contribution in [0.1, 0.15) is 10.4 Å². The van der Waals surface area contributed by atoms with E-state index in [1.807, 2.05) is 0 Å². The molecule has 0 aliphatic rings. The van der Waals surface area contributed by atoms with Crippen molar-refractivity contribution in [3.05, 3.63) is 33.8 Å². The van der Waals surface area contributed by atoms with Crippen LogP contribution in [0.2, 0.25) is 10.0 Å². The summed E-state index contributed by atoms with van der Waals surface area (Å²) in [5.74, 6) is -1.01. The number of hydrogen-bond acceptors (Lipinski definition) is 6. The van der Waals surface area contributed by atoms with Crippen molar-refractivity contribution in [2.75, 3.05) is 13.7 Å². The zero-order valence-electron chi connectivity index (χ0n) is 13.6. The summed E-state index contributed by atoms with van der Waals surface area (Å²) in [7, 11) is 2.74. The number of alkyl halides is 2. The van der Waals surface area contributed by atoms with E-state index in [-0.39, 0.29) is 33.8 Å². The maximum absolute atomic E-state index is 12.5. The van der Waals surface area contributed by atoms with Crippen molar-refractivity contribution in [3.8, 4) is 17.1 Å². The Morgan fingerprint density at radius 3 is 2.81 bits per heavy atom. The number of rotatable bonds is 7. The fourth-order valence-electron chi connectivity index (χ4n) is 2.00. The highest BCUT2D eigenvalue weighted by Crippen LogP contribution is 2.36. The highest BCUT2D eigenvalue weighted by molar-refractivity contribution is 6.35. The van der Waals surface area contributed by atoms with Crippen molar-refractivity contribution >= 4 is 35.4 Å². The SMILES string of the molecule is CON=CCOC(=O)c1cc(-c2nn(C)c(OC(F)F)c2Cl)ccc1Cl. The Bertz CT molecular complexity index is 827. The number of oxime groups is 1. The molecule has 0 aliphatic heterocycles. The summed E-state index contributed by atoms with van der Waals surface area (Å²) in [6, 6.07) is 4.36. The minimum atomic E-state index is -3.06. The molecule has 2 rings (SSSR count). The molecule has 0 N–H and O–H groups in total. The van der Waals surface area contributed by atoms with Gasteiger partial charge in [0.25, 0.3) is 0 Å². The summed E-state index contributed by atoms with van der Waals surface area (Å²) in [6.45, 7) is -3.18. The van der Waals surface area contributed by atoms with Crippen LogP contribution in [0.5, 0.6) is 5.88 Å². The predicted octanol–water partition coefficient (Wildman–Crippen LogP) is 3.78. The van der Waals surface area contributed by atoms with Crippen molar-refractivity contribution in [3.63, 3.8) is 0 Å². The Balaban J connectivity index is 2.32. The third-order valence-electron chi connectivity index (χ3n) is 3.07. The number of esters is 1. The second-order valence-corrected chi connectivity index (χ2v) is 5.52. The fourth-order valence-corrected chi connectivity index (χ4v) is 2.51. The average molecular weight is 408 g/mol. The van der Waals surface area contributed by atoms with Crippen molar-refractivity contribution in [2.24, 2.45) is 12.2 Å². The minimum Gasteiger partial charge on any atom is -0.456 e. The molecular weight excluding hydrogens is 395 g/mol. The number of ether oxygens (including phenoxy) is 2. The maximum atomic E-state index is 12.5. The lowest BCUT2D eigenvalue weighted by Crippen LogP contribution is -2.08. The molecule has 140 valence electrons. The Morgan fingerprint density at radius 2 is 2.15 bits per heavy atom. The lowest BCUT2D eigenvalue weighted by atomic mass is 10.1. The second-order valence-electron chi connectivity index (χ2n) is 4.73. The number of benzene rings is 1. The van der Waals surface area contributed by atoms with Gasteiger partial charge in [0, 0.05) is 12.6 Å². The van der Waals surface area contributed by atoms with Gasteiger partial charge in [-0.2, -0.15) is 13.9 Å². The van der Waals surface area contributed by atoms with Gasteiger partial charge in [0.2, 0.25) is 5.88 Å². The van der Waals surface area contributed by atoms with Crippen molar-refractivity contribution < 1.29 is 27.9 Å². The molecule has 1 aromatic carbocycles. The number of carbonyl (C=O) groups is 1. The molecular formula is C15H13Cl2F2N3O4. The summed E-state index contributed by atoms with van der Waals surface area (Å²) < 4.78 is 35.3. The van der Waals surface area contributed by atoms with Gasteiger partial charge in [-0.15, -0.1) is 0 Å². The van der Waals surface area contributed by atoms with E-state index in [1.165, 1.54) is 38.6 Å². The van der Waals surface area contributed by atoms with Crippen molar-refractivity contribution in [2.45, 2.75) is 6.61 Å². The first-order chi connectivity index (χ1) is 12.3. The minimum absolute atomic E-state index is 0.0491. The normalized spacial score (nSPS) is 11.2. The molecule has 0 atom stereocenters. The Labute approximate surface area is 157 Å². The Kier molecular flexibility index (Phi) is 6.76. The van der Waals surface area contributed by atoms with Crippen molar-refractivity contribution in [1.29, 1.82) is 0 Å². The Hall–Kier alpha value is -2.39. The molecule has 1 aromatic heterocycles. The van der Waals surface area contributed by atoms with Gasteiger partial charge in [-0.1, -0.05) is 34.4 Å². The van der Waals surface area contributed by atoms with Crippen LogP contribution in [0.15, 0.2) is 23.4 Å². The van der Waals surface area contributed by atoms with Crippen LogP contribution in [-0.4, -0.2) is 42.3 Å². The van der Waals surface area contributed by atoms with E-state index in [1.54, 1.807) is 0 Å². The molecule has 0 amide bonds. The first kappa shape index (κ1) is 19.9. The molecule has 11 heteroatoms. The average Bonchev–Trinajstić information content (AvgIpc) is 2.87. The molecule has 0 spiro atoms. The first-order valence-electron chi connectivity index (χ1n) is 7.04. The van der Waals surface area contributed by atoms with Gasteiger partial charge in [-0.25, -0.2) is 9.48 Å². The van der Waals surface area contributed by atoms with E-state index >= 15 is 0 Å². The number of aryl methyl sites for hydroxylation is 1. The van der Waals surface area contributed by atoms with E-state index in [0.29, 0.717) is 5.56 Å². The van der Waals surface area contributed by atoms with Crippen LogP contribution in [-0.2, 0) is 16.6 Å². The van der Waals surface area contributed by atoms with Gasteiger partial charge in [-0.3, -0.25) is 0 Å². The fraction of sp³-hybridized carbons (Fsp3) is 0.267. The standard InChI is InChI=1S/C15H13Cl2F2N3O4/c1-22-13(26-15(18)19)11(17)12(21-22)8-3-4-10(16)9(7-8)14(23)25-6-5-20-24-2/h3-5,7,15H,6H2,1-2H3. The number of carbonyl (C=O) groups excluding carboxylic acids is 1. The summed E-state index contributed by atoms with van der Waals surface area (Å²) in [5, 5.41) is 7.49.